The number of nitrogens with one attached hydrogen (secondary N) is 1. The first-order chi connectivity index (χ1) is 8.81. The van der Waals surface area contributed by atoms with Crippen molar-refractivity contribution in [3.05, 3.63) is 21.7 Å². The smallest absolute Gasteiger partial charge is 0.165 e. The number of benzene rings is 1. The molecule has 0 aliphatic carbocycles. The van der Waals surface area contributed by atoms with Gasteiger partial charge in [0.15, 0.2) is 11.5 Å². The third-order valence-corrected chi connectivity index (χ3v) is 4.79. The topological polar surface area (TPSA) is 30.5 Å². The zero-order valence-corrected chi connectivity index (χ0v) is 12.2. The molecule has 1 unspecified atom stereocenters. The van der Waals surface area contributed by atoms with Gasteiger partial charge in [-0.3, -0.25) is 0 Å². The Bertz CT molecular complexity index is 456. The van der Waals surface area contributed by atoms with Crippen molar-refractivity contribution in [2.75, 3.05) is 26.8 Å². The van der Waals surface area contributed by atoms with Crippen LogP contribution in [-0.4, -0.2) is 26.8 Å². The van der Waals surface area contributed by atoms with Crippen LogP contribution in [0.15, 0.2) is 10.5 Å². The Kier molecular flexibility index (Phi) is 3.48. The van der Waals surface area contributed by atoms with Crippen molar-refractivity contribution in [3.8, 4) is 11.5 Å². The van der Waals surface area contributed by atoms with Crippen LogP contribution in [0.3, 0.4) is 0 Å². The first kappa shape index (κ1) is 12.3. The molecule has 98 valence electrons. The fourth-order valence-corrected chi connectivity index (χ4v) is 3.71. The Labute approximate surface area is 116 Å². The number of halogens is 1. The number of rotatable bonds is 2. The fourth-order valence-electron chi connectivity index (χ4n) is 2.90. The van der Waals surface area contributed by atoms with Crippen LogP contribution in [0, 0.1) is 0 Å². The lowest BCUT2D eigenvalue weighted by molar-refractivity contribution is 0.325. The van der Waals surface area contributed by atoms with E-state index in [1.165, 1.54) is 28.4 Å². The van der Waals surface area contributed by atoms with E-state index < -0.39 is 0 Å². The molecule has 1 saturated heterocycles. The molecule has 1 N–H and O–H groups in total. The molecule has 1 atom stereocenters. The molecule has 4 heteroatoms. The van der Waals surface area contributed by atoms with E-state index in [1.54, 1.807) is 7.11 Å². The highest BCUT2D eigenvalue weighted by molar-refractivity contribution is 9.10. The average molecular weight is 312 g/mol. The minimum absolute atomic E-state index is 0.577. The SMILES string of the molecule is COc1cc(C2CCCNC2)c(Br)c2c1OCC2. The van der Waals surface area contributed by atoms with E-state index in [0.717, 1.165) is 37.6 Å². The lowest BCUT2D eigenvalue weighted by Gasteiger charge is -2.25. The number of hydrogen-bond donors (Lipinski definition) is 1. The van der Waals surface area contributed by atoms with Gasteiger partial charge in [0.05, 0.1) is 13.7 Å². The van der Waals surface area contributed by atoms with Crippen LogP contribution in [-0.2, 0) is 6.42 Å². The third kappa shape index (κ3) is 2.01. The van der Waals surface area contributed by atoms with E-state index >= 15 is 0 Å². The van der Waals surface area contributed by atoms with Gasteiger partial charge in [0.2, 0.25) is 0 Å². The van der Waals surface area contributed by atoms with Crippen LogP contribution in [0.4, 0.5) is 0 Å². The molecule has 2 heterocycles. The van der Waals surface area contributed by atoms with Crippen LogP contribution in [0.5, 0.6) is 11.5 Å². The monoisotopic (exact) mass is 311 g/mol. The van der Waals surface area contributed by atoms with Crippen LogP contribution >= 0.6 is 15.9 Å². The fraction of sp³-hybridized carbons (Fsp3) is 0.571. The van der Waals surface area contributed by atoms with Crippen molar-refractivity contribution in [1.29, 1.82) is 0 Å². The summed E-state index contributed by atoms with van der Waals surface area (Å²) in [5, 5.41) is 3.47. The molecular weight excluding hydrogens is 294 g/mol. The van der Waals surface area contributed by atoms with Gasteiger partial charge in [-0.2, -0.15) is 0 Å². The van der Waals surface area contributed by atoms with Crippen LogP contribution in [0.25, 0.3) is 0 Å². The standard InChI is InChI=1S/C14H18BrNO2/c1-17-12-7-11(9-3-2-5-16-8-9)13(15)10-4-6-18-14(10)12/h7,9,16H,2-6,8H2,1H3. The second-order valence-corrected chi connectivity index (χ2v) is 5.72. The number of hydrogen-bond acceptors (Lipinski definition) is 3. The summed E-state index contributed by atoms with van der Waals surface area (Å²) in [5.41, 5.74) is 2.64. The van der Waals surface area contributed by atoms with Crippen LogP contribution in [0.2, 0.25) is 0 Å². The number of methoxy groups -OCH3 is 1. The third-order valence-electron chi connectivity index (χ3n) is 3.86. The first-order valence-electron chi connectivity index (χ1n) is 6.54. The molecule has 3 rings (SSSR count). The Morgan fingerprint density at radius 2 is 2.39 bits per heavy atom. The van der Waals surface area contributed by atoms with Gasteiger partial charge in [-0.25, -0.2) is 0 Å². The van der Waals surface area contributed by atoms with Gasteiger partial charge in [0.1, 0.15) is 0 Å². The highest BCUT2D eigenvalue weighted by Gasteiger charge is 2.26. The van der Waals surface area contributed by atoms with E-state index in [-0.39, 0.29) is 0 Å². The zero-order valence-electron chi connectivity index (χ0n) is 10.6. The van der Waals surface area contributed by atoms with Crippen molar-refractivity contribution >= 4 is 15.9 Å². The average Bonchev–Trinajstić information content (AvgIpc) is 2.90. The normalized spacial score (nSPS) is 22.4. The van der Waals surface area contributed by atoms with Crippen molar-refractivity contribution in [3.63, 3.8) is 0 Å². The number of ether oxygens (including phenoxy) is 2. The maximum Gasteiger partial charge on any atom is 0.165 e. The lowest BCUT2D eigenvalue weighted by atomic mass is 9.90. The summed E-state index contributed by atoms with van der Waals surface area (Å²) >= 11 is 3.77. The summed E-state index contributed by atoms with van der Waals surface area (Å²) < 4.78 is 12.4. The van der Waals surface area contributed by atoms with E-state index in [2.05, 4.69) is 27.3 Å². The number of piperidine rings is 1. The Morgan fingerprint density at radius 1 is 1.50 bits per heavy atom. The highest BCUT2D eigenvalue weighted by atomic mass is 79.9. The zero-order chi connectivity index (χ0) is 12.5. The summed E-state index contributed by atoms with van der Waals surface area (Å²) in [6, 6.07) is 2.14. The molecular formula is C14H18BrNO2. The quantitative estimate of drug-likeness (QED) is 0.911. The van der Waals surface area contributed by atoms with E-state index in [0.29, 0.717) is 5.92 Å². The van der Waals surface area contributed by atoms with Gasteiger partial charge in [-0.1, -0.05) is 15.9 Å². The van der Waals surface area contributed by atoms with Crippen molar-refractivity contribution in [1.82, 2.24) is 5.32 Å². The van der Waals surface area contributed by atoms with Crippen molar-refractivity contribution < 1.29 is 9.47 Å². The van der Waals surface area contributed by atoms with Gasteiger partial charge in [-0.05, 0) is 36.9 Å². The van der Waals surface area contributed by atoms with Crippen LogP contribution in [0.1, 0.15) is 29.9 Å². The summed E-state index contributed by atoms with van der Waals surface area (Å²) in [6.45, 7) is 2.96. The molecule has 0 radical (unpaired) electrons. The maximum absolute atomic E-state index is 5.67. The molecule has 2 aliphatic heterocycles. The maximum atomic E-state index is 5.67. The highest BCUT2D eigenvalue weighted by Crippen LogP contribution is 2.45. The van der Waals surface area contributed by atoms with Gasteiger partial charge >= 0.3 is 0 Å². The molecule has 0 bridgehead atoms. The first-order valence-corrected chi connectivity index (χ1v) is 7.33. The molecule has 1 fully saturated rings. The van der Waals surface area contributed by atoms with E-state index in [4.69, 9.17) is 9.47 Å². The molecule has 0 aromatic heterocycles. The molecule has 0 amide bonds. The predicted molar refractivity (Wildman–Crippen MR) is 74.7 cm³/mol. The van der Waals surface area contributed by atoms with Gasteiger partial charge in [-0.15, -0.1) is 0 Å². The molecule has 3 nitrogen and oxygen atoms in total. The molecule has 0 saturated carbocycles. The lowest BCUT2D eigenvalue weighted by Crippen LogP contribution is -2.28. The van der Waals surface area contributed by atoms with Crippen molar-refractivity contribution in [2.24, 2.45) is 0 Å². The summed E-state index contributed by atoms with van der Waals surface area (Å²) in [5.74, 6) is 2.39. The molecule has 0 spiro atoms. The summed E-state index contributed by atoms with van der Waals surface area (Å²) in [7, 11) is 1.72. The second kappa shape index (κ2) is 5.10. The van der Waals surface area contributed by atoms with Gasteiger partial charge in [0, 0.05) is 23.0 Å². The molecule has 2 aliphatic rings. The molecule has 18 heavy (non-hydrogen) atoms. The molecule has 1 aromatic carbocycles. The Morgan fingerprint density at radius 3 is 3.11 bits per heavy atom. The predicted octanol–water partition coefficient (Wildman–Crippen LogP) is 2.86. The summed E-state index contributed by atoms with van der Waals surface area (Å²) in [4.78, 5) is 0. The van der Waals surface area contributed by atoms with E-state index in [1.807, 2.05) is 0 Å². The Hall–Kier alpha value is -0.740. The van der Waals surface area contributed by atoms with Crippen molar-refractivity contribution in [2.45, 2.75) is 25.2 Å². The number of fused-ring (bicyclic) bond motifs is 1. The summed E-state index contributed by atoms with van der Waals surface area (Å²) in [6.07, 6.45) is 3.46. The van der Waals surface area contributed by atoms with Gasteiger partial charge < -0.3 is 14.8 Å². The van der Waals surface area contributed by atoms with E-state index in [9.17, 15) is 0 Å². The Balaban J connectivity index is 2.03. The largest absolute Gasteiger partial charge is 0.493 e. The molecule has 1 aromatic rings. The minimum atomic E-state index is 0.577. The second-order valence-electron chi connectivity index (χ2n) is 4.93. The minimum Gasteiger partial charge on any atom is -0.493 e. The van der Waals surface area contributed by atoms with Crippen LogP contribution < -0.4 is 14.8 Å². The van der Waals surface area contributed by atoms with Gasteiger partial charge in [0.25, 0.3) is 0 Å².